The number of rotatable bonds is 3. The summed E-state index contributed by atoms with van der Waals surface area (Å²) in [5, 5.41) is 5.38. The molecule has 0 unspecified atom stereocenters. The topological polar surface area (TPSA) is 31.0 Å². The van der Waals surface area contributed by atoms with Gasteiger partial charge in [0, 0.05) is 17.8 Å². The first-order valence-electron chi connectivity index (χ1n) is 6.55. The van der Waals surface area contributed by atoms with Crippen LogP contribution in [0.3, 0.4) is 0 Å². The van der Waals surface area contributed by atoms with E-state index in [0.29, 0.717) is 6.54 Å². The lowest BCUT2D eigenvalue weighted by Gasteiger charge is -2.01. The van der Waals surface area contributed by atoms with Crippen molar-refractivity contribution in [3.63, 3.8) is 0 Å². The maximum atomic E-state index is 5.95. The van der Waals surface area contributed by atoms with Crippen molar-refractivity contribution in [1.29, 1.82) is 0 Å². The molecule has 0 spiro atoms. The zero-order valence-electron chi connectivity index (χ0n) is 11.0. The highest BCUT2D eigenvalue weighted by atomic mass is 35.5. The van der Waals surface area contributed by atoms with Gasteiger partial charge in [0.05, 0.1) is 15.8 Å². The number of benzene rings is 1. The highest BCUT2D eigenvalue weighted by Crippen LogP contribution is 2.31. The number of hydrogen-bond donors (Lipinski definition) is 0. The van der Waals surface area contributed by atoms with Crippen molar-refractivity contribution in [3.8, 4) is 10.6 Å². The number of fused-ring (bicyclic) bond motifs is 1. The molecule has 0 bridgehead atoms. The van der Waals surface area contributed by atoms with Gasteiger partial charge in [-0.3, -0.25) is 0 Å². The fourth-order valence-corrected chi connectivity index (χ4v) is 3.39. The van der Waals surface area contributed by atoms with Crippen molar-refractivity contribution >= 4 is 33.8 Å². The molecule has 0 N–H and O–H groups in total. The summed E-state index contributed by atoms with van der Waals surface area (Å²) >= 11 is 7.44. The fraction of sp³-hybridized carbons (Fsp3) is 0.0625. The van der Waals surface area contributed by atoms with Crippen LogP contribution in [0.5, 0.6) is 0 Å². The van der Waals surface area contributed by atoms with E-state index in [9.17, 15) is 0 Å². The summed E-state index contributed by atoms with van der Waals surface area (Å²) < 4.78 is 8.33. The summed E-state index contributed by atoms with van der Waals surface area (Å²) in [6.45, 7) is 0.691. The van der Waals surface area contributed by atoms with Crippen molar-refractivity contribution in [2.24, 2.45) is 0 Å². The van der Waals surface area contributed by atoms with Gasteiger partial charge < -0.3 is 9.09 Å². The summed E-state index contributed by atoms with van der Waals surface area (Å²) in [6.07, 6.45) is 2.07. The molecular formula is C16H11ClN2OS. The lowest BCUT2D eigenvalue weighted by Crippen LogP contribution is -1.97. The summed E-state index contributed by atoms with van der Waals surface area (Å²) in [5.74, 6) is 0.762. The third kappa shape index (κ3) is 2.37. The molecule has 1 aromatic carbocycles. The molecule has 4 rings (SSSR count). The molecule has 0 amide bonds. The van der Waals surface area contributed by atoms with Crippen LogP contribution < -0.4 is 0 Å². The van der Waals surface area contributed by atoms with Crippen molar-refractivity contribution in [2.45, 2.75) is 6.54 Å². The second-order valence-corrected chi connectivity index (χ2v) is 6.50. The van der Waals surface area contributed by atoms with Gasteiger partial charge in [0.15, 0.2) is 5.76 Å². The van der Waals surface area contributed by atoms with E-state index in [1.807, 2.05) is 30.3 Å². The van der Waals surface area contributed by atoms with Gasteiger partial charge in [0.25, 0.3) is 0 Å². The number of nitrogens with zero attached hydrogens (tertiary/aromatic N) is 2. The van der Waals surface area contributed by atoms with E-state index in [2.05, 4.69) is 34.1 Å². The van der Waals surface area contributed by atoms with Gasteiger partial charge in [-0.2, -0.15) is 0 Å². The van der Waals surface area contributed by atoms with Gasteiger partial charge in [-0.15, -0.1) is 11.3 Å². The standard InChI is InChI=1S/C16H11ClN2OS/c17-16-6-5-15(21-16)14-9-12(18-20-14)10-19-8-7-11-3-1-2-4-13(11)19/h1-9H,10H2. The summed E-state index contributed by atoms with van der Waals surface area (Å²) in [5.41, 5.74) is 2.09. The molecule has 3 aromatic heterocycles. The third-order valence-electron chi connectivity index (χ3n) is 3.39. The molecule has 0 aliphatic rings. The second kappa shape index (κ2) is 5.06. The first-order valence-corrected chi connectivity index (χ1v) is 7.74. The van der Waals surface area contributed by atoms with Crippen LogP contribution >= 0.6 is 22.9 Å². The number of aromatic nitrogens is 2. The number of thiophene rings is 1. The summed E-state index contributed by atoms with van der Waals surface area (Å²) in [6, 6.07) is 16.2. The van der Waals surface area contributed by atoms with Crippen LogP contribution in [0, 0.1) is 0 Å². The van der Waals surface area contributed by atoms with Crippen LogP contribution in [0.2, 0.25) is 4.34 Å². The van der Waals surface area contributed by atoms with Crippen LogP contribution in [-0.2, 0) is 6.54 Å². The Hall–Kier alpha value is -2.04. The van der Waals surface area contributed by atoms with Gasteiger partial charge >= 0.3 is 0 Å². The minimum Gasteiger partial charge on any atom is -0.355 e. The number of halogens is 1. The minimum absolute atomic E-state index is 0.691. The molecule has 0 aliphatic heterocycles. The maximum absolute atomic E-state index is 5.95. The predicted molar refractivity (Wildman–Crippen MR) is 85.9 cm³/mol. The fourth-order valence-electron chi connectivity index (χ4n) is 2.40. The molecule has 5 heteroatoms. The molecule has 0 atom stereocenters. The summed E-state index contributed by atoms with van der Waals surface area (Å²) in [7, 11) is 0. The zero-order valence-corrected chi connectivity index (χ0v) is 12.6. The Kier molecular flexibility index (Phi) is 3.05. The molecule has 4 aromatic rings. The zero-order chi connectivity index (χ0) is 14.2. The average Bonchev–Trinajstić information content (AvgIpc) is 3.20. The van der Waals surface area contributed by atoms with Gasteiger partial charge in [-0.25, -0.2) is 0 Å². The van der Waals surface area contributed by atoms with E-state index in [0.717, 1.165) is 20.7 Å². The first kappa shape index (κ1) is 12.7. The van der Waals surface area contributed by atoms with Crippen molar-refractivity contribution in [2.75, 3.05) is 0 Å². The third-order valence-corrected chi connectivity index (χ3v) is 4.63. The minimum atomic E-state index is 0.691. The molecular weight excluding hydrogens is 304 g/mol. The van der Waals surface area contributed by atoms with Crippen LogP contribution in [0.25, 0.3) is 21.5 Å². The van der Waals surface area contributed by atoms with Gasteiger partial charge in [0.1, 0.15) is 5.69 Å². The van der Waals surface area contributed by atoms with E-state index in [1.54, 1.807) is 0 Å². The molecule has 0 fully saturated rings. The van der Waals surface area contributed by atoms with Gasteiger partial charge in [0.2, 0.25) is 0 Å². The average molecular weight is 315 g/mol. The van der Waals surface area contributed by atoms with E-state index in [-0.39, 0.29) is 0 Å². The molecule has 21 heavy (non-hydrogen) atoms. The van der Waals surface area contributed by atoms with E-state index in [4.69, 9.17) is 16.1 Å². The normalized spacial score (nSPS) is 11.3. The van der Waals surface area contributed by atoms with Crippen molar-refractivity contribution < 1.29 is 4.52 Å². The number of para-hydroxylation sites is 1. The Morgan fingerprint density at radius 2 is 2.05 bits per heavy atom. The number of hydrogen-bond acceptors (Lipinski definition) is 3. The van der Waals surface area contributed by atoms with Crippen LogP contribution in [0.4, 0.5) is 0 Å². The Bertz CT molecular complexity index is 906. The highest BCUT2D eigenvalue weighted by Gasteiger charge is 2.10. The van der Waals surface area contributed by atoms with Gasteiger partial charge in [-0.1, -0.05) is 35.0 Å². The Labute approximate surface area is 130 Å². The summed E-state index contributed by atoms with van der Waals surface area (Å²) in [4.78, 5) is 0.996. The molecule has 3 heterocycles. The lowest BCUT2D eigenvalue weighted by molar-refractivity contribution is 0.422. The lowest BCUT2D eigenvalue weighted by atomic mass is 10.2. The van der Waals surface area contributed by atoms with E-state index >= 15 is 0 Å². The Morgan fingerprint density at radius 1 is 1.14 bits per heavy atom. The van der Waals surface area contributed by atoms with Crippen molar-refractivity contribution in [3.05, 3.63) is 64.8 Å². The van der Waals surface area contributed by atoms with Gasteiger partial charge in [-0.05, 0) is 29.7 Å². The van der Waals surface area contributed by atoms with Crippen LogP contribution in [-0.4, -0.2) is 9.72 Å². The first-order chi connectivity index (χ1) is 10.3. The second-order valence-electron chi connectivity index (χ2n) is 4.79. The largest absolute Gasteiger partial charge is 0.355 e. The molecule has 0 radical (unpaired) electrons. The molecule has 3 nitrogen and oxygen atoms in total. The maximum Gasteiger partial charge on any atom is 0.177 e. The molecule has 104 valence electrons. The highest BCUT2D eigenvalue weighted by molar-refractivity contribution is 7.19. The Balaban J connectivity index is 1.64. The molecule has 0 aliphatic carbocycles. The molecule has 0 saturated carbocycles. The molecule has 0 saturated heterocycles. The monoisotopic (exact) mass is 314 g/mol. The smallest absolute Gasteiger partial charge is 0.177 e. The Morgan fingerprint density at radius 3 is 2.90 bits per heavy atom. The SMILES string of the molecule is Clc1ccc(-c2cc(Cn3ccc4ccccc43)no2)s1. The predicted octanol–water partition coefficient (Wildman–Crippen LogP) is 5.06. The van der Waals surface area contributed by atoms with Crippen LogP contribution in [0.1, 0.15) is 5.69 Å². The van der Waals surface area contributed by atoms with E-state index < -0.39 is 0 Å². The van der Waals surface area contributed by atoms with E-state index in [1.165, 1.54) is 22.2 Å². The quantitative estimate of drug-likeness (QED) is 0.529. The van der Waals surface area contributed by atoms with Crippen molar-refractivity contribution in [1.82, 2.24) is 9.72 Å². The van der Waals surface area contributed by atoms with Crippen LogP contribution in [0.15, 0.2) is 59.3 Å².